The lowest BCUT2D eigenvalue weighted by Crippen LogP contribution is -2.13. The number of methoxy groups -OCH3 is 1. The minimum absolute atomic E-state index is 0.0468. The molecule has 0 aliphatic rings. The number of aryl methyl sites for hydroxylation is 1. The van der Waals surface area contributed by atoms with Crippen molar-refractivity contribution < 1.29 is 9.53 Å². The van der Waals surface area contributed by atoms with Crippen LogP contribution in [0.25, 0.3) is 0 Å². The van der Waals surface area contributed by atoms with Crippen molar-refractivity contribution in [2.24, 2.45) is 0 Å². The van der Waals surface area contributed by atoms with Gasteiger partial charge in [0, 0.05) is 11.4 Å². The lowest BCUT2D eigenvalue weighted by atomic mass is 10.1. The van der Waals surface area contributed by atoms with Gasteiger partial charge in [0.25, 0.3) is 0 Å². The van der Waals surface area contributed by atoms with Crippen molar-refractivity contribution in [2.75, 3.05) is 12.4 Å². The fourth-order valence-corrected chi connectivity index (χ4v) is 2.12. The van der Waals surface area contributed by atoms with Gasteiger partial charge in [0.2, 0.25) is 5.91 Å². The first kappa shape index (κ1) is 14.4. The summed E-state index contributed by atoms with van der Waals surface area (Å²) >= 11 is 5.91. The minimum Gasteiger partial charge on any atom is -0.495 e. The first-order chi connectivity index (χ1) is 9.69. The summed E-state index contributed by atoms with van der Waals surface area (Å²) in [5.41, 5.74) is 1.73. The van der Waals surface area contributed by atoms with Crippen LogP contribution >= 0.6 is 11.6 Å². The van der Waals surface area contributed by atoms with E-state index in [0.29, 0.717) is 29.3 Å². The van der Waals surface area contributed by atoms with E-state index >= 15 is 0 Å². The highest BCUT2D eigenvalue weighted by atomic mass is 35.5. The van der Waals surface area contributed by atoms with E-state index in [2.05, 4.69) is 5.32 Å². The summed E-state index contributed by atoms with van der Waals surface area (Å²) in [6.07, 6.45) is 1.06. The number of amides is 1. The Bertz CT molecular complexity index is 599. The van der Waals surface area contributed by atoms with Crippen molar-refractivity contribution in [1.82, 2.24) is 0 Å². The molecule has 0 aromatic heterocycles. The van der Waals surface area contributed by atoms with E-state index in [1.165, 1.54) is 0 Å². The van der Waals surface area contributed by atoms with Gasteiger partial charge in [-0.2, -0.15) is 0 Å². The standard InChI is InChI=1S/C16H16ClNO2/c1-20-15-8-3-2-7-14(15)18-16(19)10-9-12-5-4-6-13(17)11-12/h2-8,11H,9-10H2,1H3,(H,18,19). The van der Waals surface area contributed by atoms with Gasteiger partial charge in [0.1, 0.15) is 5.75 Å². The molecular formula is C16H16ClNO2. The van der Waals surface area contributed by atoms with Gasteiger partial charge < -0.3 is 10.1 Å². The molecular weight excluding hydrogens is 274 g/mol. The number of benzene rings is 2. The van der Waals surface area contributed by atoms with Gasteiger partial charge in [-0.25, -0.2) is 0 Å². The summed E-state index contributed by atoms with van der Waals surface area (Å²) in [6.45, 7) is 0. The zero-order chi connectivity index (χ0) is 14.4. The number of ether oxygens (including phenoxy) is 1. The number of hydrogen-bond acceptors (Lipinski definition) is 2. The monoisotopic (exact) mass is 289 g/mol. The molecule has 2 aromatic carbocycles. The fourth-order valence-electron chi connectivity index (χ4n) is 1.91. The number of hydrogen-bond donors (Lipinski definition) is 1. The number of carbonyl (C=O) groups excluding carboxylic acids is 1. The molecule has 3 nitrogen and oxygen atoms in total. The quantitative estimate of drug-likeness (QED) is 0.906. The molecule has 0 saturated carbocycles. The molecule has 0 bridgehead atoms. The van der Waals surface area contributed by atoms with E-state index in [1.807, 2.05) is 48.5 Å². The molecule has 104 valence electrons. The summed E-state index contributed by atoms with van der Waals surface area (Å²) in [5.74, 6) is 0.609. The van der Waals surface area contributed by atoms with Gasteiger partial charge in [-0.3, -0.25) is 4.79 Å². The molecule has 0 saturated heterocycles. The van der Waals surface area contributed by atoms with Crippen LogP contribution in [0.3, 0.4) is 0 Å². The highest BCUT2D eigenvalue weighted by molar-refractivity contribution is 6.30. The predicted octanol–water partition coefficient (Wildman–Crippen LogP) is 3.92. The average molecular weight is 290 g/mol. The van der Waals surface area contributed by atoms with Crippen LogP contribution in [0.2, 0.25) is 5.02 Å². The third-order valence-corrected chi connectivity index (χ3v) is 3.15. The maximum Gasteiger partial charge on any atom is 0.224 e. The summed E-state index contributed by atoms with van der Waals surface area (Å²) in [6, 6.07) is 14.9. The summed E-state index contributed by atoms with van der Waals surface area (Å²) in [7, 11) is 1.58. The van der Waals surface area contributed by atoms with Gasteiger partial charge >= 0.3 is 0 Å². The molecule has 1 N–H and O–H groups in total. The number of anilines is 1. The predicted molar refractivity (Wildman–Crippen MR) is 81.4 cm³/mol. The Morgan fingerprint density at radius 2 is 2.00 bits per heavy atom. The van der Waals surface area contributed by atoms with E-state index in [-0.39, 0.29) is 5.91 Å². The van der Waals surface area contributed by atoms with Crippen LogP contribution in [0.15, 0.2) is 48.5 Å². The maximum atomic E-state index is 11.9. The van der Waals surface area contributed by atoms with E-state index < -0.39 is 0 Å². The normalized spacial score (nSPS) is 10.1. The molecule has 0 heterocycles. The van der Waals surface area contributed by atoms with Crippen molar-refractivity contribution in [2.45, 2.75) is 12.8 Å². The first-order valence-electron chi connectivity index (χ1n) is 6.36. The third kappa shape index (κ3) is 4.00. The van der Waals surface area contributed by atoms with Gasteiger partial charge in [-0.1, -0.05) is 35.9 Å². The molecule has 20 heavy (non-hydrogen) atoms. The summed E-state index contributed by atoms with van der Waals surface area (Å²) < 4.78 is 5.19. The first-order valence-corrected chi connectivity index (χ1v) is 6.74. The van der Waals surface area contributed by atoms with Crippen LogP contribution < -0.4 is 10.1 Å². The topological polar surface area (TPSA) is 38.3 Å². The Hall–Kier alpha value is -2.00. The van der Waals surface area contributed by atoms with Crippen molar-refractivity contribution >= 4 is 23.2 Å². The van der Waals surface area contributed by atoms with Gasteiger partial charge in [-0.05, 0) is 36.2 Å². The summed E-state index contributed by atoms with van der Waals surface area (Å²) in [5, 5.41) is 3.54. The lowest BCUT2D eigenvalue weighted by Gasteiger charge is -2.09. The van der Waals surface area contributed by atoms with Crippen molar-refractivity contribution in [3.63, 3.8) is 0 Å². The summed E-state index contributed by atoms with van der Waals surface area (Å²) in [4.78, 5) is 11.9. The van der Waals surface area contributed by atoms with E-state index in [9.17, 15) is 4.79 Å². The molecule has 0 fully saturated rings. The molecule has 2 aromatic rings. The fraction of sp³-hybridized carbons (Fsp3) is 0.188. The second-order valence-electron chi connectivity index (χ2n) is 4.38. The number of nitrogens with one attached hydrogen (secondary N) is 1. The highest BCUT2D eigenvalue weighted by Crippen LogP contribution is 2.23. The molecule has 0 unspecified atom stereocenters. The van der Waals surface area contributed by atoms with E-state index in [1.54, 1.807) is 7.11 Å². The van der Waals surface area contributed by atoms with Crippen molar-refractivity contribution in [3.8, 4) is 5.75 Å². The Balaban J connectivity index is 1.93. The zero-order valence-corrected chi connectivity index (χ0v) is 12.0. The second kappa shape index (κ2) is 6.96. The van der Waals surface area contributed by atoms with Crippen LogP contribution in [0.1, 0.15) is 12.0 Å². The largest absolute Gasteiger partial charge is 0.495 e. The smallest absolute Gasteiger partial charge is 0.224 e. The number of halogens is 1. The Kier molecular flexibility index (Phi) is 5.02. The SMILES string of the molecule is COc1ccccc1NC(=O)CCc1cccc(Cl)c1. The van der Waals surface area contributed by atoms with Crippen LogP contribution in [-0.4, -0.2) is 13.0 Å². The average Bonchev–Trinajstić information content (AvgIpc) is 2.46. The molecule has 0 aliphatic carbocycles. The molecule has 4 heteroatoms. The van der Waals surface area contributed by atoms with E-state index in [4.69, 9.17) is 16.3 Å². The number of carbonyl (C=O) groups is 1. The van der Waals surface area contributed by atoms with Crippen LogP contribution in [-0.2, 0) is 11.2 Å². The van der Waals surface area contributed by atoms with Gasteiger partial charge in [0.15, 0.2) is 0 Å². The zero-order valence-electron chi connectivity index (χ0n) is 11.2. The van der Waals surface area contributed by atoms with Crippen LogP contribution in [0.5, 0.6) is 5.75 Å². The van der Waals surface area contributed by atoms with Gasteiger partial charge in [0.05, 0.1) is 12.8 Å². The molecule has 0 atom stereocenters. The number of rotatable bonds is 5. The van der Waals surface area contributed by atoms with Crippen LogP contribution in [0.4, 0.5) is 5.69 Å². The van der Waals surface area contributed by atoms with Crippen molar-refractivity contribution in [3.05, 3.63) is 59.1 Å². The van der Waals surface area contributed by atoms with Crippen LogP contribution in [0, 0.1) is 0 Å². The maximum absolute atomic E-state index is 11.9. The highest BCUT2D eigenvalue weighted by Gasteiger charge is 2.07. The second-order valence-corrected chi connectivity index (χ2v) is 4.81. The molecule has 2 rings (SSSR count). The third-order valence-electron chi connectivity index (χ3n) is 2.91. The van der Waals surface area contributed by atoms with E-state index in [0.717, 1.165) is 5.56 Å². The minimum atomic E-state index is -0.0468. The molecule has 0 radical (unpaired) electrons. The molecule has 0 spiro atoms. The van der Waals surface area contributed by atoms with Crippen molar-refractivity contribution in [1.29, 1.82) is 0 Å². The Labute approximate surface area is 123 Å². The molecule has 0 aliphatic heterocycles. The molecule has 1 amide bonds. The Morgan fingerprint density at radius 1 is 1.20 bits per heavy atom. The Morgan fingerprint density at radius 3 is 2.75 bits per heavy atom. The van der Waals surface area contributed by atoms with Gasteiger partial charge in [-0.15, -0.1) is 0 Å². The lowest BCUT2D eigenvalue weighted by molar-refractivity contribution is -0.116. The number of para-hydroxylation sites is 2.